The molecular weight excluding hydrogens is 264 g/mol. The average molecular weight is 292 g/mol. The largest absolute Gasteiger partial charge is 0.394 e. The van der Waals surface area contributed by atoms with Crippen molar-refractivity contribution in [2.75, 3.05) is 11.9 Å². The topological polar surface area (TPSA) is 75.4 Å². The molecule has 21 heavy (non-hydrogen) atoms. The number of aryl methyl sites for hydroxylation is 1. The minimum Gasteiger partial charge on any atom is -0.394 e. The SMILES string of the molecule is CCCCCCCCc1ccc(NC(=O)C(N)CO)cc1. The number of nitrogens with one attached hydrogen (secondary N) is 1. The fourth-order valence-electron chi connectivity index (χ4n) is 2.18. The first-order chi connectivity index (χ1) is 10.2. The van der Waals surface area contributed by atoms with Gasteiger partial charge in [0.25, 0.3) is 0 Å². The monoisotopic (exact) mass is 292 g/mol. The maximum Gasteiger partial charge on any atom is 0.243 e. The second-order valence-corrected chi connectivity index (χ2v) is 5.49. The fraction of sp³-hybridized carbons (Fsp3) is 0.588. The van der Waals surface area contributed by atoms with Crippen molar-refractivity contribution in [1.29, 1.82) is 0 Å². The molecule has 1 amide bonds. The zero-order valence-corrected chi connectivity index (χ0v) is 13.0. The van der Waals surface area contributed by atoms with Crippen molar-refractivity contribution in [2.24, 2.45) is 5.73 Å². The van der Waals surface area contributed by atoms with Gasteiger partial charge in [0.2, 0.25) is 5.91 Å². The van der Waals surface area contributed by atoms with Gasteiger partial charge in [-0.2, -0.15) is 0 Å². The van der Waals surface area contributed by atoms with Crippen molar-refractivity contribution in [1.82, 2.24) is 0 Å². The number of hydrogen-bond donors (Lipinski definition) is 3. The molecule has 0 saturated carbocycles. The molecule has 0 aliphatic carbocycles. The molecule has 0 aromatic heterocycles. The summed E-state index contributed by atoms with van der Waals surface area (Å²) in [7, 11) is 0. The number of aliphatic hydroxyl groups is 1. The van der Waals surface area contributed by atoms with E-state index in [-0.39, 0.29) is 12.5 Å². The number of amides is 1. The van der Waals surface area contributed by atoms with Crippen molar-refractivity contribution >= 4 is 11.6 Å². The van der Waals surface area contributed by atoms with Crippen molar-refractivity contribution in [3.05, 3.63) is 29.8 Å². The first-order valence-corrected chi connectivity index (χ1v) is 7.93. The van der Waals surface area contributed by atoms with Crippen LogP contribution in [0.1, 0.15) is 51.0 Å². The van der Waals surface area contributed by atoms with E-state index in [0.717, 1.165) is 12.1 Å². The summed E-state index contributed by atoms with van der Waals surface area (Å²) in [6.07, 6.45) is 8.86. The Labute approximate surface area is 127 Å². The van der Waals surface area contributed by atoms with Crippen molar-refractivity contribution < 1.29 is 9.90 Å². The predicted octanol–water partition coefficient (Wildman–Crippen LogP) is 2.85. The Balaban J connectivity index is 2.28. The van der Waals surface area contributed by atoms with E-state index in [1.807, 2.05) is 24.3 Å². The molecular formula is C17H28N2O2. The highest BCUT2D eigenvalue weighted by Crippen LogP contribution is 2.13. The van der Waals surface area contributed by atoms with Crippen LogP contribution in [0.5, 0.6) is 0 Å². The van der Waals surface area contributed by atoms with Crippen LogP contribution in [0.4, 0.5) is 5.69 Å². The van der Waals surface area contributed by atoms with E-state index >= 15 is 0 Å². The maximum atomic E-state index is 11.5. The Bertz CT molecular complexity index is 404. The highest BCUT2D eigenvalue weighted by atomic mass is 16.3. The van der Waals surface area contributed by atoms with E-state index in [1.54, 1.807) is 0 Å². The zero-order chi connectivity index (χ0) is 15.5. The number of carbonyl (C=O) groups is 1. The highest BCUT2D eigenvalue weighted by Gasteiger charge is 2.11. The molecule has 118 valence electrons. The molecule has 4 nitrogen and oxygen atoms in total. The van der Waals surface area contributed by atoms with Gasteiger partial charge in [0.05, 0.1) is 6.61 Å². The molecule has 1 unspecified atom stereocenters. The summed E-state index contributed by atoms with van der Waals surface area (Å²) in [4.78, 5) is 11.5. The number of nitrogens with two attached hydrogens (primary N) is 1. The normalized spacial score (nSPS) is 12.1. The highest BCUT2D eigenvalue weighted by molar-refractivity contribution is 5.94. The first-order valence-electron chi connectivity index (χ1n) is 7.93. The third kappa shape index (κ3) is 7.25. The Kier molecular flexibility index (Phi) is 8.71. The van der Waals surface area contributed by atoms with Crippen LogP contribution in [0.3, 0.4) is 0 Å². The van der Waals surface area contributed by atoms with Gasteiger partial charge in [-0.05, 0) is 30.5 Å². The fourth-order valence-corrected chi connectivity index (χ4v) is 2.18. The van der Waals surface area contributed by atoms with Gasteiger partial charge >= 0.3 is 0 Å². The molecule has 0 fully saturated rings. The second-order valence-electron chi connectivity index (χ2n) is 5.49. The molecule has 0 saturated heterocycles. The lowest BCUT2D eigenvalue weighted by molar-refractivity contribution is -0.118. The average Bonchev–Trinajstić information content (AvgIpc) is 2.51. The summed E-state index contributed by atoms with van der Waals surface area (Å²) >= 11 is 0. The van der Waals surface area contributed by atoms with E-state index in [4.69, 9.17) is 10.8 Å². The molecule has 0 spiro atoms. The van der Waals surface area contributed by atoms with Crippen LogP contribution in [0.25, 0.3) is 0 Å². The van der Waals surface area contributed by atoms with Gasteiger partial charge < -0.3 is 16.2 Å². The van der Waals surface area contributed by atoms with E-state index in [9.17, 15) is 4.79 Å². The summed E-state index contributed by atoms with van der Waals surface area (Å²) in [5.41, 5.74) is 7.45. The lowest BCUT2D eigenvalue weighted by Crippen LogP contribution is -2.38. The van der Waals surface area contributed by atoms with Crippen LogP contribution >= 0.6 is 0 Å². The Hall–Kier alpha value is -1.39. The Morgan fingerprint density at radius 1 is 1.14 bits per heavy atom. The maximum absolute atomic E-state index is 11.5. The molecule has 0 aliphatic rings. The Morgan fingerprint density at radius 2 is 1.76 bits per heavy atom. The summed E-state index contributed by atoms with van der Waals surface area (Å²) < 4.78 is 0. The predicted molar refractivity (Wildman–Crippen MR) is 87.2 cm³/mol. The quantitative estimate of drug-likeness (QED) is 0.580. The van der Waals surface area contributed by atoms with Crippen LogP contribution in [-0.4, -0.2) is 23.7 Å². The molecule has 0 radical (unpaired) electrons. The van der Waals surface area contributed by atoms with E-state index in [2.05, 4.69) is 12.2 Å². The van der Waals surface area contributed by atoms with Crippen molar-refractivity contribution in [3.8, 4) is 0 Å². The summed E-state index contributed by atoms with van der Waals surface area (Å²) in [5, 5.41) is 11.5. The van der Waals surface area contributed by atoms with Crippen LogP contribution in [0.15, 0.2) is 24.3 Å². The van der Waals surface area contributed by atoms with E-state index < -0.39 is 6.04 Å². The van der Waals surface area contributed by atoms with Gasteiger partial charge in [-0.1, -0.05) is 51.2 Å². The number of unbranched alkanes of at least 4 members (excludes halogenated alkanes) is 5. The van der Waals surface area contributed by atoms with Gasteiger partial charge in [-0.25, -0.2) is 0 Å². The van der Waals surface area contributed by atoms with Crippen molar-refractivity contribution in [3.63, 3.8) is 0 Å². The lowest BCUT2D eigenvalue weighted by atomic mass is 10.0. The minimum absolute atomic E-state index is 0.345. The third-order valence-electron chi connectivity index (χ3n) is 3.57. The number of anilines is 1. The van der Waals surface area contributed by atoms with Crippen LogP contribution in [-0.2, 0) is 11.2 Å². The first kappa shape index (κ1) is 17.7. The number of aliphatic hydroxyl groups excluding tert-OH is 1. The summed E-state index contributed by atoms with van der Waals surface area (Å²) in [5.74, 6) is -0.360. The zero-order valence-electron chi connectivity index (χ0n) is 13.0. The molecule has 1 atom stereocenters. The molecule has 0 bridgehead atoms. The third-order valence-corrected chi connectivity index (χ3v) is 3.57. The number of carbonyl (C=O) groups excluding carboxylic acids is 1. The molecule has 1 aromatic carbocycles. The molecule has 0 heterocycles. The number of rotatable bonds is 10. The van der Waals surface area contributed by atoms with Crippen LogP contribution < -0.4 is 11.1 Å². The lowest BCUT2D eigenvalue weighted by Gasteiger charge is -2.10. The van der Waals surface area contributed by atoms with Crippen LogP contribution in [0, 0.1) is 0 Å². The number of benzene rings is 1. The van der Waals surface area contributed by atoms with Gasteiger partial charge in [-0.3, -0.25) is 4.79 Å². The molecule has 1 aromatic rings. The second kappa shape index (κ2) is 10.4. The molecule has 4 heteroatoms. The van der Waals surface area contributed by atoms with Gasteiger partial charge in [0.1, 0.15) is 6.04 Å². The van der Waals surface area contributed by atoms with Crippen LogP contribution in [0.2, 0.25) is 0 Å². The summed E-state index contributed by atoms with van der Waals surface area (Å²) in [6, 6.07) is 6.97. The van der Waals surface area contributed by atoms with Gasteiger partial charge in [-0.15, -0.1) is 0 Å². The number of hydrogen-bond acceptors (Lipinski definition) is 3. The van der Waals surface area contributed by atoms with E-state index in [0.29, 0.717) is 0 Å². The van der Waals surface area contributed by atoms with Gasteiger partial charge in [0.15, 0.2) is 0 Å². The smallest absolute Gasteiger partial charge is 0.243 e. The van der Waals surface area contributed by atoms with Gasteiger partial charge in [0, 0.05) is 5.69 Å². The standard InChI is InChI=1S/C17H28N2O2/c1-2-3-4-5-6-7-8-14-9-11-15(12-10-14)19-17(21)16(18)13-20/h9-12,16,20H,2-8,13,18H2,1H3,(H,19,21). The Morgan fingerprint density at radius 3 is 2.38 bits per heavy atom. The molecule has 0 aliphatic heterocycles. The van der Waals surface area contributed by atoms with E-state index in [1.165, 1.54) is 44.1 Å². The molecule has 4 N–H and O–H groups in total. The minimum atomic E-state index is -0.868. The van der Waals surface area contributed by atoms with Crippen molar-refractivity contribution in [2.45, 2.75) is 57.9 Å². The molecule has 1 rings (SSSR count). The summed E-state index contributed by atoms with van der Waals surface area (Å²) in [6.45, 7) is 1.88.